The normalized spacial score (nSPS) is 12.9. The zero-order valence-corrected chi connectivity index (χ0v) is 21.2. The van der Waals surface area contributed by atoms with Gasteiger partial charge in [0.15, 0.2) is 5.69 Å². The van der Waals surface area contributed by atoms with E-state index in [2.05, 4.69) is 19.9 Å². The van der Waals surface area contributed by atoms with Crippen LogP contribution >= 0.6 is 23.1 Å². The van der Waals surface area contributed by atoms with Crippen LogP contribution in [-0.2, 0) is 6.61 Å². The number of carbonyl (C=O) groups excluding carboxylic acids is 1. The van der Waals surface area contributed by atoms with E-state index in [1.165, 1.54) is 0 Å². The predicted octanol–water partition coefficient (Wildman–Crippen LogP) is 5.87. The highest BCUT2D eigenvalue weighted by molar-refractivity contribution is 8.00. The third-order valence-electron chi connectivity index (χ3n) is 5.47. The van der Waals surface area contributed by atoms with E-state index in [-0.39, 0.29) is 18.1 Å². The van der Waals surface area contributed by atoms with Gasteiger partial charge < -0.3 is 14.4 Å². The van der Waals surface area contributed by atoms with Crippen LogP contribution in [0.15, 0.2) is 34.5 Å². The number of aromatic nitrogens is 2. The third kappa shape index (κ3) is 4.01. The smallest absolute Gasteiger partial charge is 0.274 e. The zero-order chi connectivity index (χ0) is 23.2. The Hall–Kier alpha value is -2.45. The van der Waals surface area contributed by atoms with Gasteiger partial charge in [-0.05, 0) is 44.4 Å². The van der Waals surface area contributed by atoms with Gasteiger partial charge in [-0.15, -0.1) is 23.1 Å². The Bertz CT molecular complexity index is 1140. The van der Waals surface area contributed by atoms with Crippen LogP contribution < -0.4 is 9.47 Å². The molecule has 2 aromatic heterocycles. The number of methoxy groups -OCH3 is 1. The second-order valence-electron chi connectivity index (χ2n) is 9.03. The molecule has 8 heteroatoms. The predicted molar refractivity (Wildman–Crippen MR) is 131 cm³/mol. The maximum atomic E-state index is 13.4. The lowest BCUT2D eigenvalue weighted by molar-refractivity contribution is 0.0646. The van der Waals surface area contributed by atoms with E-state index in [1.54, 1.807) is 35.1 Å². The van der Waals surface area contributed by atoms with E-state index in [1.807, 2.05) is 56.1 Å². The summed E-state index contributed by atoms with van der Waals surface area (Å²) in [5.41, 5.74) is 2.77. The number of hydrogen-bond acceptors (Lipinski definition) is 6. The van der Waals surface area contributed by atoms with E-state index in [0.717, 1.165) is 38.2 Å². The number of hydrogen-bond donors (Lipinski definition) is 0. The van der Waals surface area contributed by atoms with Gasteiger partial charge in [0.1, 0.15) is 23.1 Å². The summed E-state index contributed by atoms with van der Waals surface area (Å²) in [4.78, 5) is 16.2. The average molecular weight is 472 g/mol. The summed E-state index contributed by atoms with van der Waals surface area (Å²) >= 11 is 3.33. The Morgan fingerprint density at radius 3 is 2.69 bits per heavy atom. The van der Waals surface area contributed by atoms with Gasteiger partial charge in [0.05, 0.1) is 17.7 Å². The average Bonchev–Trinajstić information content (AvgIpc) is 3.38. The van der Waals surface area contributed by atoms with Crippen molar-refractivity contribution in [2.45, 2.75) is 56.9 Å². The number of amides is 1. The van der Waals surface area contributed by atoms with E-state index < -0.39 is 0 Å². The molecule has 4 rings (SSSR count). The van der Waals surface area contributed by atoms with Gasteiger partial charge in [-0.2, -0.15) is 5.10 Å². The minimum absolute atomic E-state index is 0.110. The second kappa shape index (κ2) is 8.48. The lowest BCUT2D eigenvalue weighted by Crippen LogP contribution is -2.43. The molecule has 3 heterocycles. The molecule has 1 aromatic carbocycles. The van der Waals surface area contributed by atoms with Gasteiger partial charge in [-0.1, -0.05) is 13.8 Å². The molecule has 0 aliphatic carbocycles. The molecule has 0 spiro atoms. The summed E-state index contributed by atoms with van der Waals surface area (Å²) in [7, 11) is 3.49. The molecule has 1 aliphatic heterocycles. The molecule has 0 bridgehead atoms. The minimum Gasteiger partial charge on any atom is -0.495 e. The molecule has 0 fully saturated rings. The SMILES string of the molecule is COc1cc2c(cc1SC(C)C)-c1c(c(C(=O)N(C)C(C)(C)C)nn1-c1cccs1)CO2. The second-order valence-corrected chi connectivity index (χ2v) is 11.6. The molecule has 0 radical (unpaired) electrons. The summed E-state index contributed by atoms with van der Waals surface area (Å²) < 4.78 is 13.7. The molecule has 0 saturated heterocycles. The largest absolute Gasteiger partial charge is 0.495 e. The molecule has 1 amide bonds. The summed E-state index contributed by atoms with van der Waals surface area (Å²) in [5, 5.41) is 8.19. The first-order chi connectivity index (χ1) is 15.1. The highest BCUT2D eigenvalue weighted by atomic mass is 32.2. The maximum Gasteiger partial charge on any atom is 0.274 e. The highest BCUT2D eigenvalue weighted by Gasteiger charge is 2.34. The van der Waals surface area contributed by atoms with Crippen molar-refractivity contribution in [1.29, 1.82) is 0 Å². The number of carbonyl (C=O) groups is 1. The van der Waals surface area contributed by atoms with Gasteiger partial charge in [0, 0.05) is 35.0 Å². The Morgan fingerprint density at radius 2 is 2.09 bits per heavy atom. The minimum atomic E-state index is -0.321. The molecule has 32 heavy (non-hydrogen) atoms. The van der Waals surface area contributed by atoms with Crippen molar-refractivity contribution in [3.8, 4) is 27.8 Å². The number of thiophene rings is 1. The van der Waals surface area contributed by atoms with Crippen LogP contribution in [-0.4, -0.2) is 45.5 Å². The Kier molecular flexibility index (Phi) is 6.02. The first-order valence-corrected chi connectivity index (χ1v) is 12.3. The van der Waals surface area contributed by atoms with Crippen molar-refractivity contribution in [1.82, 2.24) is 14.7 Å². The molecular formula is C24H29N3O3S2. The summed E-state index contributed by atoms with van der Waals surface area (Å²) in [5.74, 6) is 1.42. The molecule has 0 N–H and O–H groups in total. The van der Waals surface area contributed by atoms with Crippen molar-refractivity contribution in [2.24, 2.45) is 0 Å². The van der Waals surface area contributed by atoms with Crippen LogP contribution in [0.4, 0.5) is 0 Å². The topological polar surface area (TPSA) is 56.6 Å². The fourth-order valence-corrected chi connectivity index (χ4v) is 5.19. The van der Waals surface area contributed by atoms with E-state index in [4.69, 9.17) is 14.6 Å². The van der Waals surface area contributed by atoms with Gasteiger partial charge in [0.2, 0.25) is 0 Å². The first kappa shape index (κ1) is 22.7. The Balaban J connectivity index is 1.94. The molecule has 0 unspecified atom stereocenters. The van der Waals surface area contributed by atoms with Gasteiger partial charge in [-0.25, -0.2) is 4.68 Å². The van der Waals surface area contributed by atoms with Crippen molar-refractivity contribution >= 4 is 29.0 Å². The third-order valence-corrected chi connectivity index (χ3v) is 7.36. The highest BCUT2D eigenvalue weighted by Crippen LogP contribution is 2.46. The van der Waals surface area contributed by atoms with Crippen molar-refractivity contribution < 1.29 is 14.3 Å². The fraction of sp³-hybridized carbons (Fsp3) is 0.417. The van der Waals surface area contributed by atoms with Crippen LogP contribution in [0.3, 0.4) is 0 Å². The summed E-state index contributed by atoms with van der Waals surface area (Å²) in [6.45, 7) is 10.6. The van der Waals surface area contributed by atoms with Gasteiger partial charge in [-0.3, -0.25) is 4.79 Å². The molecule has 0 saturated carbocycles. The monoisotopic (exact) mass is 471 g/mol. The molecule has 0 atom stereocenters. The Morgan fingerprint density at radius 1 is 1.34 bits per heavy atom. The number of rotatable bonds is 5. The van der Waals surface area contributed by atoms with Crippen LogP contribution in [0.1, 0.15) is 50.7 Å². The number of fused-ring (bicyclic) bond motifs is 3. The van der Waals surface area contributed by atoms with E-state index in [0.29, 0.717) is 10.9 Å². The van der Waals surface area contributed by atoms with Crippen LogP contribution in [0.25, 0.3) is 16.3 Å². The van der Waals surface area contributed by atoms with Gasteiger partial charge in [0.25, 0.3) is 5.91 Å². The Labute approximate surface area is 197 Å². The molecular weight excluding hydrogens is 442 g/mol. The van der Waals surface area contributed by atoms with Crippen molar-refractivity contribution in [3.63, 3.8) is 0 Å². The molecule has 170 valence electrons. The number of ether oxygens (including phenoxy) is 2. The number of thioether (sulfide) groups is 1. The number of benzene rings is 1. The molecule has 6 nitrogen and oxygen atoms in total. The van der Waals surface area contributed by atoms with E-state index in [9.17, 15) is 4.79 Å². The van der Waals surface area contributed by atoms with Crippen molar-refractivity contribution in [3.05, 3.63) is 40.9 Å². The van der Waals surface area contributed by atoms with Crippen LogP contribution in [0, 0.1) is 0 Å². The number of nitrogens with zero attached hydrogens (tertiary/aromatic N) is 3. The molecule has 1 aliphatic rings. The lowest BCUT2D eigenvalue weighted by Gasteiger charge is -2.31. The summed E-state index contributed by atoms with van der Waals surface area (Å²) in [6.07, 6.45) is 0. The lowest BCUT2D eigenvalue weighted by atomic mass is 10.0. The summed E-state index contributed by atoms with van der Waals surface area (Å²) in [6, 6.07) is 8.05. The first-order valence-electron chi connectivity index (χ1n) is 10.6. The molecule has 3 aromatic rings. The maximum absolute atomic E-state index is 13.4. The van der Waals surface area contributed by atoms with Crippen LogP contribution in [0.5, 0.6) is 11.5 Å². The fourth-order valence-electron chi connectivity index (χ4n) is 3.55. The van der Waals surface area contributed by atoms with Gasteiger partial charge >= 0.3 is 0 Å². The quantitative estimate of drug-likeness (QED) is 0.436. The van der Waals surface area contributed by atoms with Crippen LogP contribution in [0.2, 0.25) is 0 Å². The van der Waals surface area contributed by atoms with E-state index >= 15 is 0 Å². The standard InChI is InChI=1S/C24H29N3O3S2/c1-14(2)32-19-11-15-17(12-18(19)29-7)30-13-16-21(23(28)26(6)24(3,4)5)25-27(22(15)16)20-9-8-10-31-20/h8-12,14H,13H2,1-7H3. The zero-order valence-electron chi connectivity index (χ0n) is 19.6. The van der Waals surface area contributed by atoms with Crippen molar-refractivity contribution in [2.75, 3.05) is 14.2 Å².